The van der Waals surface area contributed by atoms with E-state index in [9.17, 15) is 4.79 Å². The Morgan fingerprint density at radius 1 is 1.07 bits per heavy atom. The maximum atomic E-state index is 11.5. The van der Waals surface area contributed by atoms with Crippen LogP contribution < -0.4 is 5.32 Å². The second kappa shape index (κ2) is 5.50. The zero-order valence-corrected chi connectivity index (χ0v) is 9.50. The molecule has 0 aromatic carbocycles. The van der Waals surface area contributed by atoms with Gasteiger partial charge in [0.1, 0.15) is 0 Å². The van der Waals surface area contributed by atoms with Crippen molar-refractivity contribution in [2.75, 3.05) is 19.6 Å². The molecule has 1 saturated heterocycles. The van der Waals surface area contributed by atoms with E-state index in [2.05, 4.69) is 10.2 Å². The molecule has 2 fully saturated rings. The van der Waals surface area contributed by atoms with Gasteiger partial charge in [0, 0.05) is 19.1 Å². The molecule has 15 heavy (non-hydrogen) atoms. The highest BCUT2D eigenvalue weighted by molar-refractivity contribution is 5.78. The summed E-state index contributed by atoms with van der Waals surface area (Å²) < 4.78 is 0. The molecule has 0 bridgehead atoms. The number of carbonyl (C=O) groups excluding carboxylic acids is 1. The monoisotopic (exact) mass is 210 g/mol. The van der Waals surface area contributed by atoms with Crippen LogP contribution in [0.5, 0.6) is 0 Å². The van der Waals surface area contributed by atoms with E-state index in [0.717, 1.165) is 19.5 Å². The summed E-state index contributed by atoms with van der Waals surface area (Å²) in [4.78, 5) is 13.9. The minimum atomic E-state index is 0.219. The molecule has 1 amide bonds. The Bertz CT molecular complexity index is 210. The van der Waals surface area contributed by atoms with Crippen molar-refractivity contribution in [2.45, 2.75) is 51.0 Å². The minimum absolute atomic E-state index is 0.219. The predicted octanol–water partition coefficient (Wildman–Crippen LogP) is 1.53. The predicted molar refractivity (Wildman–Crippen MR) is 60.7 cm³/mol. The van der Waals surface area contributed by atoms with E-state index in [1.807, 2.05) is 0 Å². The molecule has 2 aliphatic rings. The first-order valence-corrected chi connectivity index (χ1v) is 6.37. The van der Waals surface area contributed by atoms with Gasteiger partial charge >= 0.3 is 0 Å². The van der Waals surface area contributed by atoms with Crippen molar-refractivity contribution in [3.63, 3.8) is 0 Å². The van der Waals surface area contributed by atoms with Crippen molar-refractivity contribution in [3.8, 4) is 0 Å². The molecule has 2 rings (SSSR count). The molecule has 1 aliphatic heterocycles. The van der Waals surface area contributed by atoms with Crippen LogP contribution in [0.25, 0.3) is 0 Å². The normalized spacial score (nSPS) is 26.8. The first-order valence-electron chi connectivity index (χ1n) is 6.37. The fourth-order valence-corrected chi connectivity index (χ4v) is 2.76. The summed E-state index contributed by atoms with van der Waals surface area (Å²) in [6, 6.07) is 0.677. The Balaban J connectivity index is 1.91. The van der Waals surface area contributed by atoms with Gasteiger partial charge in [-0.2, -0.15) is 0 Å². The quantitative estimate of drug-likeness (QED) is 0.666. The van der Waals surface area contributed by atoms with Crippen molar-refractivity contribution < 1.29 is 4.79 Å². The third kappa shape index (κ3) is 3.20. The molecule has 0 aromatic heterocycles. The Labute approximate surface area is 92.2 Å². The third-order valence-corrected chi connectivity index (χ3v) is 3.63. The topological polar surface area (TPSA) is 32.3 Å². The molecule has 1 aliphatic carbocycles. The van der Waals surface area contributed by atoms with Gasteiger partial charge in [0.05, 0.1) is 6.54 Å². The molecule has 0 atom stereocenters. The highest BCUT2D eigenvalue weighted by atomic mass is 16.2. The lowest BCUT2D eigenvalue weighted by Crippen LogP contribution is -2.40. The number of nitrogens with zero attached hydrogens (tertiary/aromatic N) is 1. The van der Waals surface area contributed by atoms with Crippen LogP contribution in [0, 0.1) is 0 Å². The lowest BCUT2D eigenvalue weighted by molar-refractivity contribution is -0.122. The SMILES string of the molecule is O=C1CN(C2CCCCCC2)CCCN1. The van der Waals surface area contributed by atoms with Gasteiger partial charge in [-0.05, 0) is 19.3 Å². The number of rotatable bonds is 1. The Hall–Kier alpha value is -0.570. The average Bonchev–Trinajstić information content (AvgIpc) is 2.59. The molecule has 1 N–H and O–H groups in total. The minimum Gasteiger partial charge on any atom is -0.355 e. The second-order valence-electron chi connectivity index (χ2n) is 4.82. The van der Waals surface area contributed by atoms with E-state index in [1.165, 1.54) is 38.5 Å². The van der Waals surface area contributed by atoms with Gasteiger partial charge in [0.15, 0.2) is 0 Å². The Kier molecular flexibility index (Phi) is 4.01. The fourth-order valence-electron chi connectivity index (χ4n) is 2.76. The number of hydrogen-bond donors (Lipinski definition) is 1. The van der Waals surface area contributed by atoms with Crippen LogP contribution in [0.3, 0.4) is 0 Å². The third-order valence-electron chi connectivity index (χ3n) is 3.63. The number of amides is 1. The van der Waals surface area contributed by atoms with Gasteiger partial charge in [0.25, 0.3) is 0 Å². The summed E-state index contributed by atoms with van der Waals surface area (Å²) in [5.41, 5.74) is 0. The zero-order valence-electron chi connectivity index (χ0n) is 9.50. The summed E-state index contributed by atoms with van der Waals surface area (Å²) in [5, 5.41) is 2.95. The summed E-state index contributed by atoms with van der Waals surface area (Å²) >= 11 is 0. The van der Waals surface area contributed by atoms with Crippen molar-refractivity contribution in [2.24, 2.45) is 0 Å². The van der Waals surface area contributed by atoms with Gasteiger partial charge in [0.2, 0.25) is 5.91 Å². The zero-order chi connectivity index (χ0) is 10.5. The second-order valence-corrected chi connectivity index (χ2v) is 4.82. The molecule has 0 spiro atoms. The van der Waals surface area contributed by atoms with Gasteiger partial charge < -0.3 is 5.32 Å². The smallest absolute Gasteiger partial charge is 0.234 e. The molecular formula is C12H22N2O. The Morgan fingerprint density at radius 2 is 1.80 bits per heavy atom. The number of hydrogen-bond acceptors (Lipinski definition) is 2. The van der Waals surface area contributed by atoms with Crippen LogP contribution in [-0.2, 0) is 4.79 Å². The number of carbonyl (C=O) groups is 1. The maximum absolute atomic E-state index is 11.5. The highest BCUT2D eigenvalue weighted by Gasteiger charge is 2.23. The fraction of sp³-hybridized carbons (Fsp3) is 0.917. The number of nitrogens with one attached hydrogen (secondary N) is 1. The van der Waals surface area contributed by atoms with E-state index < -0.39 is 0 Å². The van der Waals surface area contributed by atoms with Crippen molar-refractivity contribution in [1.29, 1.82) is 0 Å². The molecule has 1 heterocycles. The van der Waals surface area contributed by atoms with E-state index in [1.54, 1.807) is 0 Å². The van der Waals surface area contributed by atoms with Gasteiger partial charge in [-0.3, -0.25) is 9.69 Å². The maximum Gasteiger partial charge on any atom is 0.234 e. The Morgan fingerprint density at radius 3 is 2.53 bits per heavy atom. The van der Waals surface area contributed by atoms with Crippen molar-refractivity contribution in [1.82, 2.24) is 10.2 Å². The lowest BCUT2D eigenvalue weighted by Gasteiger charge is -2.28. The standard InChI is InChI=1S/C12H22N2O/c15-12-10-14(9-5-8-13-12)11-6-3-1-2-4-7-11/h11H,1-10H2,(H,13,15). The van der Waals surface area contributed by atoms with E-state index in [0.29, 0.717) is 12.6 Å². The van der Waals surface area contributed by atoms with E-state index in [4.69, 9.17) is 0 Å². The largest absolute Gasteiger partial charge is 0.355 e. The first-order chi connectivity index (χ1) is 7.36. The lowest BCUT2D eigenvalue weighted by atomic mass is 10.1. The van der Waals surface area contributed by atoms with E-state index in [-0.39, 0.29) is 5.91 Å². The van der Waals surface area contributed by atoms with Crippen LogP contribution >= 0.6 is 0 Å². The molecule has 0 radical (unpaired) electrons. The first kappa shape index (κ1) is 10.9. The molecule has 3 heteroatoms. The summed E-state index contributed by atoms with van der Waals surface area (Å²) in [6.07, 6.45) is 9.18. The summed E-state index contributed by atoms with van der Waals surface area (Å²) in [7, 11) is 0. The van der Waals surface area contributed by atoms with Crippen LogP contribution in [0.1, 0.15) is 44.9 Å². The van der Waals surface area contributed by atoms with Crippen molar-refractivity contribution >= 4 is 5.91 Å². The molecule has 0 aromatic rings. The van der Waals surface area contributed by atoms with Crippen LogP contribution in [0.2, 0.25) is 0 Å². The van der Waals surface area contributed by atoms with E-state index >= 15 is 0 Å². The molecule has 0 unspecified atom stereocenters. The molecule has 86 valence electrons. The van der Waals surface area contributed by atoms with Gasteiger partial charge in [-0.15, -0.1) is 0 Å². The van der Waals surface area contributed by atoms with Crippen molar-refractivity contribution in [3.05, 3.63) is 0 Å². The van der Waals surface area contributed by atoms with Gasteiger partial charge in [-0.25, -0.2) is 0 Å². The highest BCUT2D eigenvalue weighted by Crippen LogP contribution is 2.22. The van der Waals surface area contributed by atoms with Crippen LogP contribution in [0.4, 0.5) is 0 Å². The summed E-state index contributed by atoms with van der Waals surface area (Å²) in [6.45, 7) is 2.59. The van der Waals surface area contributed by atoms with Crippen LogP contribution in [-0.4, -0.2) is 36.5 Å². The summed E-state index contributed by atoms with van der Waals surface area (Å²) in [5.74, 6) is 0.219. The average molecular weight is 210 g/mol. The molecule has 3 nitrogen and oxygen atoms in total. The molecule has 1 saturated carbocycles. The van der Waals surface area contributed by atoms with Crippen LogP contribution in [0.15, 0.2) is 0 Å². The van der Waals surface area contributed by atoms with Gasteiger partial charge in [-0.1, -0.05) is 25.7 Å². The molecular weight excluding hydrogens is 188 g/mol.